The molecule has 0 aliphatic heterocycles. The molecule has 0 radical (unpaired) electrons. The van der Waals surface area contributed by atoms with Crippen molar-refractivity contribution in [1.29, 1.82) is 0 Å². The predicted molar refractivity (Wildman–Crippen MR) is 73.2 cm³/mol. The van der Waals surface area contributed by atoms with Gasteiger partial charge in [-0.3, -0.25) is 4.98 Å². The number of aromatic nitrogens is 1. The molecule has 2 N–H and O–H groups in total. The Balaban J connectivity index is 2.80. The minimum Gasteiger partial charge on any atom is -0.369 e. The van der Waals surface area contributed by atoms with E-state index in [4.69, 9.17) is 5.73 Å². The molecular weight excluding hydrogens is 212 g/mol. The Kier molecular flexibility index (Phi) is 5.94. The minimum absolute atomic E-state index is 0.498. The van der Waals surface area contributed by atoms with Crippen LogP contribution in [0, 0.1) is 0 Å². The summed E-state index contributed by atoms with van der Waals surface area (Å²) in [5, 5.41) is 0. The third kappa shape index (κ3) is 4.32. The average molecular weight is 236 g/mol. The zero-order chi connectivity index (χ0) is 12.7. The van der Waals surface area contributed by atoms with E-state index >= 15 is 0 Å². The minimum atomic E-state index is 0.498. The third-order valence-corrected chi connectivity index (χ3v) is 2.71. The molecule has 1 aromatic heterocycles. The SMILES string of the molecule is CCCN(CCN(C)C)c1cccnc1CN. The molecule has 0 fully saturated rings. The van der Waals surface area contributed by atoms with Crippen LogP contribution in [0.25, 0.3) is 0 Å². The molecule has 1 heterocycles. The molecule has 96 valence electrons. The predicted octanol–water partition coefficient (Wildman–Crippen LogP) is 1.32. The Morgan fingerprint density at radius 2 is 2.00 bits per heavy atom. The van der Waals surface area contributed by atoms with E-state index in [2.05, 4.69) is 41.9 Å². The molecule has 0 aromatic carbocycles. The van der Waals surface area contributed by atoms with Crippen LogP contribution in [-0.4, -0.2) is 43.6 Å². The molecule has 1 rings (SSSR count). The summed E-state index contributed by atoms with van der Waals surface area (Å²) in [5.74, 6) is 0. The highest BCUT2D eigenvalue weighted by molar-refractivity contribution is 5.50. The van der Waals surface area contributed by atoms with E-state index in [9.17, 15) is 0 Å². The van der Waals surface area contributed by atoms with Crippen LogP contribution in [-0.2, 0) is 6.54 Å². The summed E-state index contributed by atoms with van der Waals surface area (Å²) in [6, 6.07) is 4.09. The highest BCUT2D eigenvalue weighted by Crippen LogP contribution is 2.17. The van der Waals surface area contributed by atoms with Crippen LogP contribution in [0.3, 0.4) is 0 Å². The normalized spacial score (nSPS) is 10.9. The summed E-state index contributed by atoms with van der Waals surface area (Å²) >= 11 is 0. The molecule has 0 bridgehead atoms. The van der Waals surface area contributed by atoms with Gasteiger partial charge in [0.25, 0.3) is 0 Å². The first-order valence-electron chi connectivity index (χ1n) is 6.22. The van der Waals surface area contributed by atoms with Crippen LogP contribution in [0.4, 0.5) is 5.69 Å². The van der Waals surface area contributed by atoms with E-state index in [0.717, 1.165) is 31.7 Å². The fraction of sp³-hybridized carbons (Fsp3) is 0.615. The van der Waals surface area contributed by atoms with Gasteiger partial charge in [0.15, 0.2) is 0 Å². The number of likely N-dealkylation sites (N-methyl/N-ethyl adjacent to an activating group) is 1. The number of anilines is 1. The van der Waals surface area contributed by atoms with Crippen molar-refractivity contribution in [2.45, 2.75) is 19.9 Å². The van der Waals surface area contributed by atoms with Gasteiger partial charge in [0.1, 0.15) is 0 Å². The molecule has 0 amide bonds. The summed E-state index contributed by atoms with van der Waals surface area (Å²) in [7, 11) is 4.19. The molecule has 0 saturated heterocycles. The van der Waals surface area contributed by atoms with E-state index in [1.807, 2.05) is 12.3 Å². The van der Waals surface area contributed by atoms with Crippen LogP contribution >= 0.6 is 0 Å². The maximum Gasteiger partial charge on any atom is 0.0772 e. The highest BCUT2D eigenvalue weighted by Gasteiger charge is 2.10. The summed E-state index contributed by atoms with van der Waals surface area (Å²) in [5.41, 5.74) is 7.91. The summed E-state index contributed by atoms with van der Waals surface area (Å²) in [6.07, 6.45) is 2.94. The Bertz CT molecular complexity index is 325. The number of hydrogen-bond donors (Lipinski definition) is 1. The Morgan fingerprint density at radius 1 is 1.24 bits per heavy atom. The lowest BCUT2D eigenvalue weighted by Gasteiger charge is -2.27. The van der Waals surface area contributed by atoms with Gasteiger partial charge >= 0.3 is 0 Å². The summed E-state index contributed by atoms with van der Waals surface area (Å²) in [6.45, 7) is 5.80. The van der Waals surface area contributed by atoms with Gasteiger partial charge in [-0.1, -0.05) is 6.92 Å². The van der Waals surface area contributed by atoms with Crippen molar-refractivity contribution in [1.82, 2.24) is 9.88 Å². The monoisotopic (exact) mass is 236 g/mol. The van der Waals surface area contributed by atoms with Crippen molar-refractivity contribution in [2.75, 3.05) is 38.6 Å². The molecule has 0 atom stereocenters. The van der Waals surface area contributed by atoms with Gasteiger partial charge in [0.2, 0.25) is 0 Å². The number of hydrogen-bond acceptors (Lipinski definition) is 4. The smallest absolute Gasteiger partial charge is 0.0772 e. The van der Waals surface area contributed by atoms with Gasteiger partial charge in [-0.05, 0) is 32.6 Å². The first-order valence-corrected chi connectivity index (χ1v) is 6.22. The van der Waals surface area contributed by atoms with Crippen molar-refractivity contribution < 1.29 is 0 Å². The average Bonchev–Trinajstić information content (AvgIpc) is 2.34. The van der Waals surface area contributed by atoms with Crippen molar-refractivity contribution in [3.05, 3.63) is 24.0 Å². The molecule has 0 unspecified atom stereocenters. The number of nitrogens with two attached hydrogens (primary N) is 1. The van der Waals surface area contributed by atoms with E-state index < -0.39 is 0 Å². The Hall–Kier alpha value is -1.13. The molecule has 4 nitrogen and oxygen atoms in total. The van der Waals surface area contributed by atoms with Gasteiger partial charge in [0.05, 0.1) is 11.4 Å². The van der Waals surface area contributed by atoms with Gasteiger partial charge < -0.3 is 15.5 Å². The van der Waals surface area contributed by atoms with Crippen LogP contribution in [0.1, 0.15) is 19.0 Å². The van der Waals surface area contributed by atoms with E-state index in [1.165, 1.54) is 5.69 Å². The Labute approximate surface area is 104 Å². The molecule has 0 saturated carbocycles. The first kappa shape index (κ1) is 13.9. The van der Waals surface area contributed by atoms with Crippen molar-refractivity contribution in [2.24, 2.45) is 5.73 Å². The molecule has 0 aliphatic rings. The molecule has 4 heteroatoms. The van der Waals surface area contributed by atoms with Gasteiger partial charge in [0, 0.05) is 32.4 Å². The fourth-order valence-electron chi connectivity index (χ4n) is 1.82. The van der Waals surface area contributed by atoms with E-state index in [0.29, 0.717) is 6.54 Å². The van der Waals surface area contributed by atoms with Crippen LogP contribution in [0.15, 0.2) is 18.3 Å². The quantitative estimate of drug-likeness (QED) is 0.775. The van der Waals surface area contributed by atoms with Crippen LogP contribution in [0.5, 0.6) is 0 Å². The van der Waals surface area contributed by atoms with Crippen molar-refractivity contribution in [3.63, 3.8) is 0 Å². The van der Waals surface area contributed by atoms with Gasteiger partial charge in [-0.2, -0.15) is 0 Å². The van der Waals surface area contributed by atoms with E-state index in [1.54, 1.807) is 0 Å². The molecule has 0 aliphatic carbocycles. The standard InChI is InChI=1S/C13H24N4/c1-4-8-17(10-9-16(2)3)13-6-5-7-15-12(13)11-14/h5-7H,4,8-11,14H2,1-3H3. The number of rotatable bonds is 7. The molecule has 1 aromatic rings. The second-order valence-corrected chi connectivity index (χ2v) is 4.46. The maximum absolute atomic E-state index is 5.74. The lowest BCUT2D eigenvalue weighted by molar-refractivity contribution is 0.412. The zero-order valence-corrected chi connectivity index (χ0v) is 11.2. The van der Waals surface area contributed by atoms with Gasteiger partial charge in [-0.15, -0.1) is 0 Å². The Morgan fingerprint density at radius 3 is 2.59 bits per heavy atom. The second-order valence-electron chi connectivity index (χ2n) is 4.46. The van der Waals surface area contributed by atoms with Crippen LogP contribution < -0.4 is 10.6 Å². The lowest BCUT2D eigenvalue weighted by Crippen LogP contribution is -2.33. The fourth-order valence-corrected chi connectivity index (χ4v) is 1.82. The molecular formula is C13H24N4. The summed E-state index contributed by atoms with van der Waals surface area (Å²) in [4.78, 5) is 8.91. The molecule has 0 spiro atoms. The van der Waals surface area contributed by atoms with Crippen LogP contribution in [0.2, 0.25) is 0 Å². The van der Waals surface area contributed by atoms with Gasteiger partial charge in [-0.25, -0.2) is 0 Å². The first-order chi connectivity index (χ1) is 8.19. The largest absolute Gasteiger partial charge is 0.369 e. The summed E-state index contributed by atoms with van der Waals surface area (Å²) < 4.78 is 0. The number of nitrogens with zero attached hydrogens (tertiary/aromatic N) is 3. The highest BCUT2D eigenvalue weighted by atomic mass is 15.2. The topological polar surface area (TPSA) is 45.4 Å². The zero-order valence-electron chi connectivity index (χ0n) is 11.2. The van der Waals surface area contributed by atoms with Crippen molar-refractivity contribution in [3.8, 4) is 0 Å². The third-order valence-electron chi connectivity index (χ3n) is 2.71. The molecule has 17 heavy (non-hydrogen) atoms. The second kappa shape index (κ2) is 7.25. The van der Waals surface area contributed by atoms with E-state index in [-0.39, 0.29) is 0 Å². The lowest BCUT2D eigenvalue weighted by atomic mass is 10.2. The van der Waals surface area contributed by atoms with Crippen molar-refractivity contribution >= 4 is 5.69 Å². The number of pyridine rings is 1. The maximum atomic E-state index is 5.74.